The van der Waals surface area contributed by atoms with Crippen molar-refractivity contribution in [2.45, 2.75) is 13.3 Å². The van der Waals surface area contributed by atoms with Gasteiger partial charge in [-0.05, 0) is 42.8 Å². The van der Waals surface area contributed by atoms with Crippen LogP contribution >= 0.6 is 11.6 Å². The minimum atomic E-state index is -0.0937. The predicted molar refractivity (Wildman–Crippen MR) is 83.7 cm³/mol. The summed E-state index contributed by atoms with van der Waals surface area (Å²) in [6.07, 6.45) is 4.01. The van der Waals surface area contributed by atoms with Crippen LogP contribution in [-0.2, 0) is 11.2 Å². The fourth-order valence-electron chi connectivity index (χ4n) is 2.20. The Bertz CT molecular complexity index is 777. The van der Waals surface area contributed by atoms with Crippen molar-refractivity contribution in [1.82, 2.24) is 9.38 Å². The number of imidazole rings is 1. The molecule has 0 saturated heterocycles. The van der Waals surface area contributed by atoms with E-state index in [1.807, 2.05) is 48.0 Å². The number of rotatable bonds is 3. The quantitative estimate of drug-likeness (QED) is 0.805. The average Bonchev–Trinajstić information content (AvgIpc) is 2.84. The zero-order valence-electron chi connectivity index (χ0n) is 11.5. The molecule has 0 radical (unpaired) electrons. The lowest BCUT2D eigenvalue weighted by molar-refractivity contribution is -0.115. The van der Waals surface area contributed by atoms with E-state index in [4.69, 9.17) is 11.6 Å². The van der Waals surface area contributed by atoms with E-state index in [1.54, 1.807) is 12.1 Å². The van der Waals surface area contributed by atoms with Gasteiger partial charge in [0.1, 0.15) is 5.65 Å². The van der Waals surface area contributed by atoms with Gasteiger partial charge in [0.05, 0.1) is 12.1 Å². The first-order valence-corrected chi connectivity index (χ1v) is 6.98. The zero-order valence-corrected chi connectivity index (χ0v) is 12.3. The lowest BCUT2D eigenvalue weighted by Gasteiger charge is -2.07. The van der Waals surface area contributed by atoms with Gasteiger partial charge in [0.15, 0.2) is 0 Å². The van der Waals surface area contributed by atoms with Gasteiger partial charge in [0.2, 0.25) is 5.91 Å². The molecule has 0 unspecified atom stereocenters. The summed E-state index contributed by atoms with van der Waals surface area (Å²) in [4.78, 5) is 16.5. The van der Waals surface area contributed by atoms with Gasteiger partial charge in [0.25, 0.3) is 0 Å². The molecule has 21 heavy (non-hydrogen) atoms. The Balaban J connectivity index is 1.74. The van der Waals surface area contributed by atoms with E-state index in [0.717, 1.165) is 22.6 Å². The van der Waals surface area contributed by atoms with Crippen LogP contribution in [0.4, 0.5) is 5.69 Å². The van der Waals surface area contributed by atoms with E-state index < -0.39 is 0 Å². The molecule has 5 heteroatoms. The van der Waals surface area contributed by atoms with Gasteiger partial charge in [-0.15, -0.1) is 0 Å². The summed E-state index contributed by atoms with van der Waals surface area (Å²) in [5.74, 6) is -0.0937. The van der Waals surface area contributed by atoms with Crippen molar-refractivity contribution < 1.29 is 4.79 Å². The van der Waals surface area contributed by atoms with Crippen LogP contribution in [0.5, 0.6) is 0 Å². The summed E-state index contributed by atoms with van der Waals surface area (Å²) in [5, 5.41) is 3.54. The number of nitrogens with one attached hydrogen (secondary N) is 1. The topological polar surface area (TPSA) is 46.4 Å². The third-order valence-electron chi connectivity index (χ3n) is 3.22. The van der Waals surface area contributed by atoms with Crippen molar-refractivity contribution >= 4 is 28.8 Å². The Morgan fingerprint density at radius 3 is 2.95 bits per heavy atom. The largest absolute Gasteiger partial charge is 0.326 e. The van der Waals surface area contributed by atoms with Crippen LogP contribution in [0.1, 0.15) is 11.3 Å². The van der Waals surface area contributed by atoms with Crippen molar-refractivity contribution in [1.29, 1.82) is 0 Å². The zero-order chi connectivity index (χ0) is 14.8. The SMILES string of the molecule is Cc1cc(Cl)ccc1NC(=O)Cc1cn2ccccc2n1. The maximum absolute atomic E-state index is 12.1. The Morgan fingerprint density at radius 1 is 1.33 bits per heavy atom. The van der Waals surface area contributed by atoms with Gasteiger partial charge in [-0.3, -0.25) is 4.79 Å². The predicted octanol–water partition coefficient (Wildman–Crippen LogP) is 3.48. The summed E-state index contributed by atoms with van der Waals surface area (Å²) in [7, 11) is 0. The monoisotopic (exact) mass is 299 g/mol. The first kappa shape index (κ1) is 13.6. The number of halogens is 1. The van der Waals surface area contributed by atoms with Crippen molar-refractivity contribution in [3.8, 4) is 0 Å². The van der Waals surface area contributed by atoms with Crippen LogP contribution in [0.25, 0.3) is 5.65 Å². The van der Waals surface area contributed by atoms with Gasteiger partial charge >= 0.3 is 0 Å². The molecule has 4 nitrogen and oxygen atoms in total. The highest BCUT2D eigenvalue weighted by Crippen LogP contribution is 2.19. The summed E-state index contributed by atoms with van der Waals surface area (Å²) in [5.41, 5.74) is 3.28. The number of hydrogen-bond acceptors (Lipinski definition) is 2. The minimum Gasteiger partial charge on any atom is -0.326 e. The van der Waals surface area contributed by atoms with E-state index in [-0.39, 0.29) is 12.3 Å². The number of anilines is 1. The highest BCUT2D eigenvalue weighted by atomic mass is 35.5. The number of amides is 1. The molecule has 2 aromatic heterocycles. The number of aromatic nitrogens is 2. The molecular weight excluding hydrogens is 286 g/mol. The molecule has 0 spiro atoms. The van der Waals surface area contributed by atoms with Crippen LogP contribution in [0.15, 0.2) is 48.8 Å². The van der Waals surface area contributed by atoms with Gasteiger partial charge in [-0.25, -0.2) is 4.98 Å². The normalized spacial score (nSPS) is 10.8. The number of carbonyl (C=O) groups excluding carboxylic acids is 1. The van der Waals surface area contributed by atoms with Gasteiger partial charge < -0.3 is 9.72 Å². The van der Waals surface area contributed by atoms with Crippen molar-refractivity contribution in [2.75, 3.05) is 5.32 Å². The molecule has 2 heterocycles. The first-order valence-electron chi connectivity index (χ1n) is 6.60. The van der Waals surface area contributed by atoms with Gasteiger partial charge in [0, 0.05) is 23.1 Å². The van der Waals surface area contributed by atoms with Crippen LogP contribution < -0.4 is 5.32 Å². The van der Waals surface area contributed by atoms with Crippen molar-refractivity contribution in [2.24, 2.45) is 0 Å². The van der Waals surface area contributed by atoms with E-state index in [1.165, 1.54) is 0 Å². The summed E-state index contributed by atoms with van der Waals surface area (Å²) < 4.78 is 1.90. The van der Waals surface area contributed by atoms with E-state index in [2.05, 4.69) is 10.3 Å². The molecule has 1 amide bonds. The number of carbonyl (C=O) groups is 1. The first-order chi connectivity index (χ1) is 10.1. The fraction of sp³-hybridized carbons (Fsp3) is 0.125. The van der Waals surface area contributed by atoms with Gasteiger partial charge in [-0.1, -0.05) is 17.7 Å². The Hall–Kier alpha value is -2.33. The van der Waals surface area contributed by atoms with Crippen LogP contribution in [0.2, 0.25) is 5.02 Å². The molecule has 0 aliphatic heterocycles. The third kappa shape index (κ3) is 3.06. The molecule has 0 saturated carbocycles. The maximum atomic E-state index is 12.1. The molecule has 3 rings (SSSR count). The molecule has 0 fully saturated rings. The summed E-state index contributed by atoms with van der Waals surface area (Å²) in [6, 6.07) is 11.1. The molecule has 1 N–H and O–H groups in total. The number of pyridine rings is 1. The molecule has 106 valence electrons. The van der Waals surface area contributed by atoms with Crippen molar-refractivity contribution in [3.63, 3.8) is 0 Å². The Kier molecular flexibility index (Phi) is 3.62. The molecular formula is C16H14ClN3O. The second-order valence-electron chi connectivity index (χ2n) is 4.88. The molecule has 0 aliphatic rings. The Morgan fingerprint density at radius 2 is 2.19 bits per heavy atom. The Labute approximate surface area is 127 Å². The number of aryl methyl sites for hydroxylation is 1. The maximum Gasteiger partial charge on any atom is 0.230 e. The number of benzene rings is 1. The lowest BCUT2D eigenvalue weighted by Crippen LogP contribution is -2.15. The van der Waals surface area contributed by atoms with E-state index >= 15 is 0 Å². The molecule has 3 aromatic rings. The van der Waals surface area contributed by atoms with Crippen molar-refractivity contribution in [3.05, 3.63) is 65.1 Å². The number of nitrogens with zero attached hydrogens (tertiary/aromatic N) is 2. The second kappa shape index (κ2) is 5.58. The van der Waals surface area contributed by atoms with Crippen LogP contribution in [-0.4, -0.2) is 15.3 Å². The highest BCUT2D eigenvalue weighted by Gasteiger charge is 2.09. The third-order valence-corrected chi connectivity index (χ3v) is 3.45. The second-order valence-corrected chi connectivity index (χ2v) is 5.32. The highest BCUT2D eigenvalue weighted by molar-refractivity contribution is 6.30. The molecule has 0 bridgehead atoms. The summed E-state index contributed by atoms with van der Waals surface area (Å²) in [6.45, 7) is 1.91. The van der Waals surface area contributed by atoms with E-state index in [9.17, 15) is 4.79 Å². The minimum absolute atomic E-state index is 0.0937. The van der Waals surface area contributed by atoms with Gasteiger partial charge in [-0.2, -0.15) is 0 Å². The number of fused-ring (bicyclic) bond motifs is 1. The van der Waals surface area contributed by atoms with Crippen LogP contribution in [0, 0.1) is 6.92 Å². The van der Waals surface area contributed by atoms with E-state index in [0.29, 0.717) is 5.02 Å². The lowest BCUT2D eigenvalue weighted by atomic mass is 10.2. The molecule has 1 aromatic carbocycles. The fourth-order valence-corrected chi connectivity index (χ4v) is 2.43. The molecule has 0 atom stereocenters. The number of hydrogen-bond donors (Lipinski definition) is 1. The standard InChI is InChI=1S/C16H14ClN3O/c1-11-8-12(17)5-6-14(11)19-16(21)9-13-10-20-7-3-2-4-15(20)18-13/h2-8,10H,9H2,1H3,(H,19,21). The smallest absolute Gasteiger partial charge is 0.230 e. The summed E-state index contributed by atoms with van der Waals surface area (Å²) >= 11 is 5.90. The average molecular weight is 300 g/mol. The van der Waals surface area contributed by atoms with Crippen LogP contribution in [0.3, 0.4) is 0 Å². The molecule has 0 aliphatic carbocycles.